The van der Waals surface area contributed by atoms with Gasteiger partial charge in [0.05, 0.1) is 5.92 Å². The fourth-order valence-corrected chi connectivity index (χ4v) is 5.10. The number of hydrogen-bond acceptors (Lipinski definition) is 8. The van der Waals surface area contributed by atoms with Gasteiger partial charge in [-0.1, -0.05) is 12.2 Å². The predicted molar refractivity (Wildman–Crippen MR) is 150 cm³/mol. The molecule has 3 heterocycles. The van der Waals surface area contributed by atoms with Crippen LogP contribution in [0.15, 0.2) is 59.8 Å². The summed E-state index contributed by atoms with van der Waals surface area (Å²) in [6, 6.07) is 8.07. The Bertz CT molecular complexity index is 1250. The molecule has 2 fully saturated rings. The number of likely N-dealkylation sites (N-methyl/N-ethyl adjacent to an activating group) is 1. The summed E-state index contributed by atoms with van der Waals surface area (Å²) >= 11 is 0. The number of nitrogens with zero attached hydrogens (tertiary/aromatic N) is 5. The molecule has 9 nitrogen and oxygen atoms in total. The van der Waals surface area contributed by atoms with Gasteiger partial charge in [0.2, 0.25) is 12.4 Å². The van der Waals surface area contributed by atoms with E-state index in [0.717, 1.165) is 43.1 Å². The molecule has 1 aromatic heterocycles. The number of benzene rings is 1. The predicted octanol–water partition coefficient (Wildman–Crippen LogP) is 4.07. The van der Waals surface area contributed by atoms with E-state index in [4.69, 9.17) is 0 Å². The summed E-state index contributed by atoms with van der Waals surface area (Å²) in [5.41, 5.74) is 3.55. The molecule has 1 saturated carbocycles. The molecule has 3 aliphatic rings. The lowest BCUT2D eigenvalue weighted by atomic mass is 10.0. The number of hydrogen-bond donors (Lipinski definition) is 3. The van der Waals surface area contributed by atoms with Gasteiger partial charge in [-0.3, -0.25) is 9.79 Å². The Morgan fingerprint density at radius 2 is 1.97 bits per heavy atom. The van der Waals surface area contributed by atoms with Gasteiger partial charge in [0.25, 0.3) is 5.91 Å². The molecule has 1 aliphatic carbocycles. The quantitative estimate of drug-likeness (QED) is 0.416. The van der Waals surface area contributed by atoms with E-state index < -0.39 is 18.5 Å². The van der Waals surface area contributed by atoms with Crippen LogP contribution < -0.4 is 20.9 Å². The fourth-order valence-electron chi connectivity index (χ4n) is 5.10. The molecule has 2 aliphatic heterocycles. The van der Waals surface area contributed by atoms with Crippen molar-refractivity contribution in [2.45, 2.75) is 31.9 Å². The van der Waals surface area contributed by atoms with Gasteiger partial charge in [-0.15, -0.1) is 6.58 Å². The highest BCUT2D eigenvalue weighted by molar-refractivity contribution is 6.05. The zero-order chi connectivity index (χ0) is 27.4. The summed E-state index contributed by atoms with van der Waals surface area (Å²) in [6.07, 6.45) is 3.56. The molecule has 39 heavy (non-hydrogen) atoms. The lowest BCUT2D eigenvalue weighted by molar-refractivity contribution is 0.0958. The third-order valence-corrected chi connectivity index (χ3v) is 7.33. The first-order chi connectivity index (χ1) is 18.9. The zero-order valence-electron chi connectivity index (χ0n) is 22.0. The highest BCUT2D eigenvalue weighted by Gasteiger charge is 2.36. The molecule has 2 atom stereocenters. The molecule has 11 heteroatoms. The van der Waals surface area contributed by atoms with Gasteiger partial charge in [-0.25, -0.2) is 13.8 Å². The van der Waals surface area contributed by atoms with Crippen LogP contribution in [-0.2, 0) is 0 Å². The fraction of sp³-hybridized carbons (Fsp3) is 0.429. The Balaban J connectivity index is 1.34. The minimum absolute atomic E-state index is 0.236. The monoisotopic (exact) mass is 536 g/mol. The number of amides is 1. The lowest BCUT2D eigenvalue weighted by Gasteiger charge is -2.34. The highest BCUT2D eigenvalue weighted by atomic mass is 19.3. The first-order valence-corrected chi connectivity index (χ1v) is 13.3. The molecular formula is C28H34F2N8O. The Morgan fingerprint density at radius 3 is 2.69 bits per heavy atom. The second-order valence-corrected chi connectivity index (χ2v) is 10.0. The topological polar surface area (TPSA) is 97.8 Å². The van der Waals surface area contributed by atoms with Crippen LogP contribution in [-0.4, -0.2) is 78.8 Å². The lowest BCUT2D eigenvalue weighted by Crippen LogP contribution is -2.44. The molecule has 2 unspecified atom stereocenters. The standard InChI is InChI=1S/C28H34F2N8O/c1-3-12-31-27(39)22-17-32-28(33-19-6-8-20(9-7-19)38-15-13-37(2)14-16-38)36-26(22)35-23-11-5-18-4-10-21(25(29)30)24(18)34-23/h3,5-9,17,21,23,25H,1,4,10-16H2,2H3,(H,31,39)(H2,32,33,35,36). The number of anilines is 4. The first kappa shape index (κ1) is 26.7. The van der Waals surface area contributed by atoms with Crippen molar-refractivity contribution in [1.29, 1.82) is 0 Å². The number of fused-ring (bicyclic) bond motifs is 1. The molecule has 1 amide bonds. The van der Waals surface area contributed by atoms with Gasteiger partial charge < -0.3 is 25.8 Å². The van der Waals surface area contributed by atoms with Crippen molar-refractivity contribution in [3.63, 3.8) is 0 Å². The average Bonchev–Trinajstić information content (AvgIpc) is 3.36. The maximum atomic E-state index is 13.5. The van der Waals surface area contributed by atoms with Crippen molar-refractivity contribution < 1.29 is 13.6 Å². The number of halogens is 2. The van der Waals surface area contributed by atoms with Gasteiger partial charge in [-0.05, 0) is 49.7 Å². The average molecular weight is 537 g/mol. The van der Waals surface area contributed by atoms with E-state index in [1.54, 1.807) is 6.08 Å². The smallest absolute Gasteiger partial charge is 0.256 e. The van der Waals surface area contributed by atoms with Crippen LogP contribution in [0.25, 0.3) is 0 Å². The van der Waals surface area contributed by atoms with E-state index in [0.29, 0.717) is 30.9 Å². The second-order valence-electron chi connectivity index (χ2n) is 10.0. The largest absolute Gasteiger partial charge is 0.369 e. The molecule has 1 aromatic carbocycles. The Hall–Kier alpha value is -3.86. The van der Waals surface area contributed by atoms with Crippen LogP contribution in [0.5, 0.6) is 0 Å². The molecule has 0 spiro atoms. The molecule has 5 rings (SSSR count). The Morgan fingerprint density at radius 1 is 1.21 bits per heavy atom. The van der Waals surface area contributed by atoms with E-state index in [1.165, 1.54) is 6.20 Å². The van der Waals surface area contributed by atoms with Gasteiger partial charge >= 0.3 is 0 Å². The molecule has 3 N–H and O–H groups in total. The summed E-state index contributed by atoms with van der Waals surface area (Å²) in [5, 5.41) is 9.14. The summed E-state index contributed by atoms with van der Waals surface area (Å²) < 4.78 is 27.1. The number of aliphatic imine (C=N–C) groups is 1. The van der Waals surface area contributed by atoms with Crippen molar-refractivity contribution in [1.82, 2.24) is 20.2 Å². The van der Waals surface area contributed by atoms with Crippen molar-refractivity contribution in [2.75, 3.05) is 55.3 Å². The first-order valence-electron chi connectivity index (χ1n) is 13.3. The number of aromatic nitrogens is 2. The van der Waals surface area contributed by atoms with Crippen molar-refractivity contribution in [2.24, 2.45) is 10.9 Å². The molecule has 1 saturated heterocycles. The van der Waals surface area contributed by atoms with Gasteiger partial charge in [0.15, 0.2) is 0 Å². The number of piperazine rings is 1. The van der Waals surface area contributed by atoms with Crippen molar-refractivity contribution >= 4 is 34.8 Å². The highest BCUT2D eigenvalue weighted by Crippen LogP contribution is 2.35. The maximum absolute atomic E-state index is 13.5. The SMILES string of the molecule is C=CCNC(=O)c1cnc(Nc2ccc(N3CCN(C)CC3)cc2)nc1NC1CC=C2CCC(C(F)F)C2=N1. The molecule has 2 aromatic rings. The normalized spacial score (nSPS) is 21.2. The van der Waals surface area contributed by atoms with Gasteiger partial charge in [0.1, 0.15) is 17.5 Å². The second kappa shape index (κ2) is 11.9. The number of allylic oxidation sites excluding steroid dienone is 1. The molecule has 206 valence electrons. The zero-order valence-corrected chi connectivity index (χ0v) is 22.0. The Kier molecular flexibility index (Phi) is 8.16. The number of carbonyl (C=O) groups excluding carboxylic acids is 1. The summed E-state index contributed by atoms with van der Waals surface area (Å²) in [5.74, 6) is -0.642. The van der Waals surface area contributed by atoms with Crippen molar-refractivity contribution in [3.8, 4) is 0 Å². The maximum Gasteiger partial charge on any atom is 0.256 e. The number of dihydropyridines is 1. The number of alkyl halides is 2. The number of carbonyl (C=O) groups is 1. The molecule has 0 bridgehead atoms. The summed E-state index contributed by atoms with van der Waals surface area (Å²) in [6.45, 7) is 7.94. The van der Waals surface area contributed by atoms with E-state index in [1.807, 2.05) is 18.2 Å². The third kappa shape index (κ3) is 6.25. The van der Waals surface area contributed by atoms with E-state index in [-0.39, 0.29) is 23.8 Å². The van der Waals surface area contributed by atoms with Crippen molar-refractivity contribution in [3.05, 3.63) is 60.3 Å². The number of rotatable bonds is 9. The molecular weight excluding hydrogens is 502 g/mol. The minimum Gasteiger partial charge on any atom is -0.369 e. The molecule has 0 radical (unpaired) electrons. The van der Waals surface area contributed by atoms with E-state index in [9.17, 15) is 13.6 Å². The van der Waals surface area contributed by atoms with Crippen LogP contribution in [0.3, 0.4) is 0 Å². The van der Waals surface area contributed by atoms with E-state index in [2.05, 4.69) is 66.5 Å². The minimum atomic E-state index is -2.45. The van der Waals surface area contributed by atoms with Gasteiger partial charge in [0, 0.05) is 62.4 Å². The summed E-state index contributed by atoms with van der Waals surface area (Å²) in [7, 11) is 2.13. The summed E-state index contributed by atoms with van der Waals surface area (Å²) in [4.78, 5) is 31.0. The van der Waals surface area contributed by atoms with Crippen LogP contribution in [0.1, 0.15) is 29.6 Å². The van der Waals surface area contributed by atoms with E-state index >= 15 is 0 Å². The third-order valence-electron chi connectivity index (χ3n) is 7.33. The van der Waals surface area contributed by atoms with Crippen LogP contribution in [0.4, 0.5) is 31.9 Å². The van der Waals surface area contributed by atoms with Crippen LogP contribution >= 0.6 is 0 Å². The van der Waals surface area contributed by atoms with Gasteiger partial charge in [-0.2, -0.15) is 4.98 Å². The Labute approximate surface area is 227 Å². The number of nitrogens with one attached hydrogen (secondary N) is 3. The van der Waals surface area contributed by atoms with Crippen LogP contribution in [0.2, 0.25) is 0 Å². The van der Waals surface area contributed by atoms with Crippen LogP contribution in [0, 0.1) is 5.92 Å².